The lowest BCUT2D eigenvalue weighted by Crippen LogP contribution is -2.28. The molecule has 0 aliphatic rings. The molecular weight excluding hydrogens is 1020 g/mol. The highest BCUT2D eigenvalue weighted by Crippen LogP contribution is 2.21. The van der Waals surface area contributed by atoms with E-state index in [1.807, 2.05) is 0 Å². The first-order chi connectivity index (χ1) is 41.1. The van der Waals surface area contributed by atoms with E-state index in [0.29, 0.717) is 12.8 Å². The first kappa shape index (κ1) is 81.9. The molecule has 1 atom stereocenters. The van der Waals surface area contributed by atoms with Crippen LogP contribution in [0.2, 0.25) is 0 Å². The van der Waals surface area contributed by atoms with Crippen LogP contribution in [0.15, 0.2) is 0 Å². The molecule has 0 fully saturated rings. The van der Waals surface area contributed by atoms with Gasteiger partial charge in [0.25, 0.3) is 0 Å². The van der Waals surface area contributed by atoms with E-state index in [2.05, 4.69) is 13.8 Å². The molecule has 5 heteroatoms. The minimum absolute atomic E-state index is 0.0552. The van der Waals surface area contributed by atoms with Crippen molar-refractivity contribution in [2.24, 2.45) is 0 Å². The van der Waals surface area contributed by atoms with Gasteiger partial charge in [-0.2, -0.15) is 0 Å². The van der Waals surface area contributed by atoms with Crippen LogP contribution in [-0.4, -0.2) is 36.4 Å². The van der Waals surface area contributed by atoms with Crippen LogP contribution >= 0.6 is 0 Å². The summed E-state index contributed by atoms with van der Waals surface area (Å²) in [6.45, 7) is 4.23. The molecule has 5 nitrogen and oxygen atoms in total. The van der Waals surface area contributed by atoms with Gasteiger partial charge in [-0.3, -0.25) is 9.59 Å². The minimum Gasteiger partial charge on any atom is -0.462 e. The van der Waals surface area contributed by atoms with Crippen molar-refractivity contribution in [3.8, 4) is 0 Å². The molecule has 0 spiro atoms. The van der Waals surface area contributed by atoms with Crippen molar-refractivity contribution in [3.63, 3.8) is 0 Å². The van der Waals surface area contributed by atoms with Crippen LogP contribution in [0.4, 0.5) is 0 Å². The summed E-state index contributed by atoms with van der Waals surface area (Å²) in [6, 6.07) is 0. The Balaban J connectivity index is 3.32. The van der Waals surface area contributed by atoms with Crippen LogP contribution in [0.3, 0.4) is 0 Å². The third-order valence-corrected chi connectivity index (χ3v) is 18.7. The van der Waals surface area contributed by atoms with E-state index in [1.54, 1.807) is 0 Å². The van der Waals surface area contributed by atoms with E-state index in [1.165, 1.54) is 411 Å². The number of hydrogen-bond donors (Lipinski definition) is 1. The van der Waals surface area contributed by atoms with E-state index in [9.17, 15) is 14.7 Å². The number of esters is 2. The molecule has 496 valence electrons. The van der Waals surface area contributed by atoms with Crippen molar-refractivity contribution in [1.29, 1.82) is 0 Å². The number of hydrogen-bond acceptors (Lipinski definition) is 5. The highest BCUT2D eigenvalue weighted by atomic mass is 16.6. The normalized spacial score (nSPS) is 12.0. The topological polar surface area (TPSA) is 72.8 Å². The first-order valence-electron chi connectivity index (χ1n) is 39.1. The van der Waals surface area contributed by atoms with Gasteiger partial charge in [0.2, 0.25) is 0 Å². The van der Waals surface area contributed by atoms with Crippen LogP contribution < -0.4 is 0 Å². The van der Waals surface area contributed by atoms with Crippen LogP contribution in [0.1, 0.15) is 470 Å². The van der Waals surface area contributed by atoms with Crippen molar-refractivity contribution in [3.05, 3.63) is 0 Å². The lowest BCUT2D eigenvalue weighted by Gasteiger charge is -2.15. The molecule has 0 bridgehead atoms. The maximum absolute atomic E-state index is 12.4. The van der Waals surface area contributed by atoms with Crippen molar-refractivity contribution in [1.82, 2.24) is 0 Å². The van der Waals surface area contributed by atoms with E-state index in [0.717, 1.165) is 32.1 Å². The Morgan fingerprint density at radius 1 is 0.229 bits per heavy atom. The average molecular weight is 1170 g/mol. The second kappa shape index (κ2) is 75.2. The lowest BCUT2D eigenvalue weighted by molar-refractivity contribution is -0.161. The van der Waals surface area contributed by atoms with Gasteiger partial charge in [-0.25, -0.2) is 0 Å². The zero-order valence-corrected chi connectivity index (χ0v) is 57.3. The second-order valence-electron chi connectivity index (χ2n) is 27.2. The zero-order valence-electron chi connectivity index (χ0n) is 57.3. The Hall–Kier alpha value is -1.10. The molecule has 0 aromatic rings. The summed E-state index contributed by atoms with van der Waals surface area (Å²) < 4.78 is 10.8. The third-order valence-electron chi connectivity index (χ3n) is 18.7. The molecule has 83 heavy (non-hydrogen) atoms. The number of ether oxygens (including phenoxy) is 2. The van der Waals surface area contributed by atoms with Gasteiger partial charge in [0.15, 0.2) is 6.10 Å². The third kappa shape index (κ3) is 73.3. The molecule has 1 unspecified atom stereocenters. The molecule has 0 saturated heterocycles. The number of rotatable bonds is 75. The van der Waals surface area contributed by atoms with Crippen LogP contribution in [0.25, 0.3) is 0 Å². The van der Waals surface area contributed by atoms with Crippen LogP contribution in [-0.2, 0) is 19.1 Å². The van der Waals surface area contributed by atoms with Gasteiger partial charge in [0.05, 0.1) is 6.61 Å². The van der Waals surface area contributed by atoms with Gasteiger partial charge >= 0.3 is 11.9 Å². The monoisotopic (exact) mass is 1170 g/mol. The molecule has 0 rings (SSSR count). The fourth-order valence-electron chi connectivity index (χ4n) is 12.8. The summed E-state index contributed by atoms with van der Waals surface area (Å²) in [5.74, 6) is -0.556. The standard InChI is InChI=1S/C78H154O5/c1-3-5-7-9-11-13-15-17-19-21-23-25-27-29-31-33-34-35-36-37-38-39-40-41-42-43-44-45-47-49-51-53-55-57-59-61-63-65-67-69-71-73-78(81)83-76(74-79)75-82-77(80)72-70-68-66-64-62-60-58-56-54-52-50-48-46-32-30-28-26-24-22-20-18-16-14-12-10-8-6-4-2/h76,79H,3-75H2,1-2H3. The van der Waals surface area contributed by atoms with E-state index >= 15 is 0 Å². The fourth-order valence-corrected chi connectivity index (χ4v) is 12.8. The van der Waals surface area contributed by atoms with Crippen LogP contribution in [0, 0.1) is 0 Å². The molecule has 0 saturated carbocycles. The number of carbonyl (C=O) groups excluding carboxylic acids is 2. The molecule has 0 heterocycles. The summed E-state index contributed by atoms with van der Waals surface area (Å²) in [5.41, 5.74) is 0. The number of aliphatic hydroxyl groups is 1. The van der Waals surface area contributed by atoms with E-state index < -0.39 is 6.10 Å². The van der Waals surface area contributed by atoms with E-state index in [-0.39, 0.29) is 25.2 Å². The fraction of sp³-hybridized carbons (Fsp3) is 0.974. The molecule has 0 aliphatic heterocycles. The minimum atomic E-state index is -0.766. The largest absolute Gasteiger partial charge is 0.462 e. The van der Waals surface area contributed by atoms with Gasteiger partial charge in [-0.05, 0) is 12.8 Å². The van der Waals surface area contributed by atoms with Gasteiger partial charge in [-0.1, -0.05) is 444 Å². The predicted octanol–water partition coefficient (Wildman–Crippen LogP) is 27.2. The van der Waals surface area contributed by atoms with Gasteiger partial charge in [-0.15, -0.1) is 0 Å². The Kier molecular flexibility index (Phi) is 74.2. The Labute approximate surface area is 522 Å². The lowest BCUT2D eigenvalue weighted by atomic mass is 10.0. The first-order valence-corrected chi connectivity index (χ1v) is 39.1. The molecular formula is C78H154O5. The van der Waals surface area contributed by atoms with E-state index in [4.69, 9.17) is 9.47 Å². The molecule has 0 amide bonds. The predicted molar refractivity (Wildman–Crippen MR) is 367 cm³/mol. The maximum Gasteiger partial charge on any atom is 0.306 e. The SMILES string of the molecule is CCCCCCCCCCCCCCCCCCCCCCCCCCCCCCCCCCCCCCCCCCCC(=O)OC(CO)COC(=O)CCCCCCCCCCCCCCCCCCCCCCCCCCCCCC. The molecule has 1 N–H and O–H groups in total. The van der Waals surface area contributed by atoms with Gasteiger partial charge in [0.1, 0.15) is 6.61 Å². The maximum atomic E-state index is 12.4. The van der Waals surface area contributed by atoms with Gasteiger partial charge in [0, 0.05) is 12.8 Å². The van der Waals surface area contributed by atoms with Crippen LogP contribution in [0.5, 0.6) is 0 Å². The number of aliphatic hydroxyl groups excluding tert-OH is 1. The highest BCUT2D eigenvalue weighted by molar-refractivity contribution is 5.70. The molecule has 0 aromatic heterocycles. The number of carbonyl (C=O) groups is 2. The zero-order chi connectivity index (χ0) is 59.8. The molecule has 0 aromatic carbocycles. The summed E-state index contributed by atoms with van der Waals surface area (Å²) in [7, 11) is 0. The summed E-state index contributed by atoms with van der Waals surface area (Å²) in [5, 5.41) is 9.72. The average Bonchev–Trinajstić information content (AvgIpc) is 3.49. The van der Waals surface area contributed by atoms with Gasteiger partial charge < -0.3 is 14.6 Å². The number of unbranched alkanes of at least 4 members (excludes halogenated alkanes) is 67. The smallest absolute Gasteiger partial charge is 0.306 e. The Morgan fingerprint density at radius 2 is 0.373 bits per heavy atom. The molecule has 0 radical (unpaired) electrons. The summed E-state index contributed by atoms with van der Waals surface area (Å²) in [4.78, 5) is 24.7. The second-order valence-corrected chi connectivity index (χ2v) is 27.2. The Morgan fingerprint density at radius 3 is 0.530 bits per heavy atom. The van der Waals surface area contributed by atoms with Crippen molar-refractivity contribution >= 4 is 11.9 Å². The molecule has 0 aliphatic carbocycles. The van der Waals surface area contributed by atoms with Crippen molar-refractivity contribution in [2.45, 2.75) is 476 Å². The highest BCUT2D eigenvalue weighted by Gasteiger charge is 2.16. The van der Waals surface area contributed by atoms with Crippen molar-refractivity contribution in [2.75, 3.05) is 13.2 Å². The Bertz CT molecular complexity index is 1190. The van der Waals surface area contributed by atoms with Crippen molar-refractivity contribution < 1.29 is 24.2 Å². The summed E-state index contributed by atoms with van der Waals surface area (Å²) in [6.07, 6.45) is 96.3. The quantitative estimate of drug-likeness (QED) is 0.0485. The summed E-state index contributed by atoms with van der Waals surface area (Å²) >= 11 is 0.